The van der Waals surface area contributed by atoms with Crippen LogP contribution in [-0.2, 0) is 11.4 Å². The minimum absolute atomic E-state index is 0.281. The van der Waals surface area contributed by atoms with Crippen LogP contribution in [0.25, 0.3) is 0 Å². The maximum Gasteiger partial charge on any atom is 0.255 e. The number of anilines is 2. The SMILES string of the molecule is CCCSc1nc2n(n1)C(c1ccc(OCc3ccccc3Cl)c(OCC)c1)C(C(=O)Nc1ccccc1OCC)=C(C)N2. The fraction of sp³-hybridized carbons (Fsp3) is 0.303. The monoisotopic (exact) mass is 633 g/mol. The van der Waals surface area contributed by atoms with E-state index in [9.17, 15) is 4.79 Å². The molecule has 2 heterocycles. The van der Waals surface area contributed by atoms with Crippen molar-refractivity contribution in [2.45, 2.75) is 51.9 Å². The number of fused-ring (bicyclic) bond motifs is 1. The van der Waals surface area contributed by atoms with Crippen molar-refractivity contribution in [1.29, 1.82) is 0 Å². The van der Waals surface area contributed by atoms with Crippen molar-refractivity contribution in [3.05, 3.63) is 94.1 Å². The van der Waals surface area contributed by atoms with Crippen molar-refractivity contribution < 1.29 is 19.0 Å². The minimum atomic E-state index is -0.592. The molecule has 0 fully saturated rings. The molecule has 5 rings (SSSR count). The van der Waals surface area contributed by atoms with Gasteiger partial charge < -0.3 is 24.8 Å². The molecule has 11 heteroatoms. The van der Waals surface area contributed by atoms with Crippen LogP contribution < -0.4 is 24.8 Å². The number of allylic oxidation sites excluding steroid dienone is 1. The molecule has 3 aromatic carbocycles. The molecule has 0 aliphatic carbocycles. The quantitative estimate of drug-likeness (QED) is 0.144. The van der Waals surface area contributed by atoms with Crippen molar-refractivity contribution in [1.82, 2.24) is 14.8 Å². The summed E-state index contributed by atoms with van der Waals surface area (Å²) in [7, 11) is 0. The highest BCUT2D eigenvalue weighted by atomic mass is 35.5. The summed E-state index contributed by atoms with van der Waals surface area (Å²) in [6, 6.07) is 20.1. The zero-order valence-electron chi connectivity index (χ0n) is 25.2. The van der Waals surface area contributed by atoms with Crippen molar-refractivity contribution in [3.8, 4) is 17.2 Å². The number of rotatable bonds is 13. The third-order valence-electron chi connectivity index (χ3n) is 6.87. The molecule has 0 saturated heterocycles. The summed E-state index contributed by atoms with van der Waals surface area (Å²) in [6.07, 6.45) is 0.989. The predicted molar refractivity (Wildman–Crippen MR) is 175 cm³/mol. The Bertz CT molecular complexity index is 1660. The molecule has 1 amide bonds. The van der Waals surface area contributed by atoms with Gasteiger partial charge in [-0.05, 0) is 63.1 Å². The van der Waals surface area contributed by atoms with Gasteiger partial charge in [0.15, 0.2) is 11.5 Å². The zero-order valence-corrected chi connectivity index (χ0v) is 26.8. The van der Waals surface area contributed by atoms with Gasteiger partial charge in [-0.2, -0.15) is 4.98 Å². The Morgan fingerprint density at radius 3 is 2.50 bits per heavy atom. The molecule has 1 aromatic heterocycles. The number of carbonyl (C=O) groups excluding carboxylic acids is 1. The van der Waals surface area contributed by atoms with Gasteiger partial charge in [-0.1, -0.05) is 66.7 Å². The smallest absolute Gasteiger partial charge is 0.255 e. The second kappa shape index (κ2) is 14.5. The van der Waals surface area contributed by atoms with E-state index >= 15 is 0 Å². The summed E-state index contributed by atoms with van der Waals surface area (Å²) in [5.41, 5.74) is 3.41. The van der Waals surface area contributed by atoms with Crippen LogP contribution >= 0.6 is 23.4 Å². The molecule has 4 aromatic rings. The maximum absolute atomic E-state index is 14.1. The van der Waals surface area contributed by atoms with Crippen LogP contribution in [0.3, 0.4) is 0 Å². The molecular weight excluding hydrogens is 598 g/mol. The van der Waals surface area contributed by atoms with Gasteiger partial charge in [0.25, 0.3) is 5.91 Å². The van der Waals surface area contributed by atoms with Gasteiger partial charge >= 0.3 is 0 Å². The molecule has 0 bridgehead atoms. The lowest BCUT2D eigenvalue weighted by molar-refractivity contribution is -0.113. The second-order valence-corrected chi connectivity index (χ2v) is 11.4. The van der Waals surface area contributed by atoms with Crippen LogP contribution in [0.15, 0.2) is 83.2 Å². The summed E-state index contributed by atoms with van der Waals surface area (Å²) in [5, 5.41) is 12.5. The van der Waals surface area contributed by atoms with Gasteiger partial charge in [0, 0.05) is 22.0 Å². The van der Waals surface area contributed by atoms with Gasteiger partial charge in [0.05, 0.1) is 24.5 Å². The molecule has 230 valence electrons. The number of nitrogens with zero attached hydrogens (tertiary/aromatic N) is 3. The molecule has 1 aliphatic rings. The number of nitrogens with one attached hydrogen (secondary N) is 2. The number of hydrogen-bond acceptors (Lipinski definition) is 8. The number of amides is 1. The Balaban J connectivity index is 1.54. The number of para-hydroxylation sites is 2. The minimum Gasteiger partial charge on any atom is -0.492 e. The molecule has 1 atom stereocenters. The van der Waals surface area contributed by atoms with Crippen LogP contribution in [0.1, 0.15) is 51.3 Å². The van der Waals surface area contributed by atoms with E-state index in [0.29, 0.717) is 63.5 Å². The first-order valence-corrected chi connectivity index (χ1v) is 16.0. The predicted octanol–water partition coefficient (Wildman–Crippen LogP) is 7.74. The fourth-order valence-corrected chi connectivity index (χ4v) is 5.76. The van der Waals surface area contributed by atoms with Gasteiger partial charge in [-0.25, -0.2) is 4.68 Å². The van der Waals surface area contributed by atoms with E-state index in [0.717, 1.165) is 23.3 Å². The zero-order chi connectivity index (χ0) is 31.1. The molecule has 2 N–H and O–H groups in total. The van der Waals surface area contributed by atoms with E-state index in [1.54, 1.807) is 16.4 Å². The summed E-state index contributed by atoms with van der Waals surface area (Å²) in [4.78, 5) is 18.8. The Kier molecular flexibility index (Phi) is 10.3. The van der Waals surface area contributed by atoms with Crippen LogP contribution in [0.2, 0.25) is 5.02 Å². The molecule has 1 unspecified atom stereocenters. The summed E-state index contributed by atoms with van der Waals surface area (Å²) >= 11 is 7.94. The lowest BCUT2D eigenvalue weighted by Crippen LogP contribution is -2.31. The van der Waals surface area contributed by atoms with Crippen LogP contribution in [0.5, 0.6) is 17.2 Å². The second-order valence-electron chi connectivity index (χ2n) is 9.98. The Hall–Kier alpha value is -4.15. The van der Waals surface area contributed by atoms with Crippen molar-refractivity contribution in [3.63, 3.8) is 0 Å². The van der Waals surface area contributed by atoms with Crippen LogP contribution in [-0.4, -0.2) is 39.6 Å². The Morgan fingerprint density at radius 1 is 0.977 bits per heavy atom. The van der Waals surface area contributed by atoms with E-state index in [1.165, 1.54) is 0 Å². The number of ether oxygens (including phenoxy) is 3. The van der Waals surface area contributed by atoms with Crippen molar-refractivity contribution >= 4 is 40.9 Å². The summed E-state index contributed by atoms with van der Waals surface area (Å²) < 4.78 is 19.7. The highest BCUT2D eigenvalue weighted by Gasteiger charge is 2.35. The molecule has 0 radical (unpaired) electrons. The van der Waals surface area contributed by atoms with E-state index in [4.69, 9.17) is 35.9 Å². The molecule has 9 nitrogen and oxygen atoms in total. The van der Waals surface area contributed by atoms with E-state index in [1.807, 2.05) is 87.5 Å². The average Bonchev–Trinajstić information content (AvgIpc) is 3.42. The van der Waals surface area contributed by atoms with Gasteiger partial charge in [-0.3, -0.25) is 4.79 Å². The van der Waals surface area contributed by atoms with Crippen LogP contribution in [0, 0.1) is 0 Å². The number of thioether (sulfide) groups is 1. The maximum atomic E-state index is 14.1. The molecule has 0 saturated carbocycles. The third kappa shape index (κ3) is 6.97. The van der Waals surface area contributed by atoms with Crippen molar-refractivity contribution in [2.24, 2.45) is 0 Å². The lowest BCUT2D eigenvalue weighted by atomic mass is 9.94. The summed E-state index contributed by atoms with van der Waals surface area (Å²) in [5.74, 6) is 2.88. The standard InChI is InChI=1S/C33H36ClN5O4S/c1-5-18-44-33-37-32-35-21(4)29(31(40)36-25-14-10-11-15-26(25)41-6-2)30(39(32)38-33)22-16-17-27(28(19-22)42-7-3)43-20-23-12-8-9-13-24(23)34/h8-17,19,30H,5-7,18,20H2,1-4H3,(H,36,40)(H,35,37,38). The number of hydrogen-bond donors (Lipinski definition) is 2. The first kappa shape index (κ1) is 31.3. The lowest BCUT2D eigenvalue weighted by Gasteiger charge is -2.29. The molecular formula is C33H36ClN5O4S. The first-order valence-electron chi connectivity index (χ1n) is 14.7. The van der Waals surface area contributed by atoms with Crippen molar-refractivity contribution in [2.75, 3.05) is 29.6 Å². The number of carbonyl (C=O) groups is 1. The largest absolute Gasteiger partial charge is 0.492 e. The number of benzene rings is 3. The Morgan fingerprint density at radius 2 is 1.73 bits per heavy atom. The van der Waals surface area contributed by atoms with Gasteiger partial charge in [-0.15, -0.1) is 5.10 Å². The number of halogens is 1. The van der Waals surface area contributed by atoms with E-state index < -0.39 is 6.04 Å². The van der Waals surface area contributed by atoms with E-state index in [-0.39, 0.29) is 12.5 Å². The van der Waals surface area contributed by atoms with Gasteiger partial charge in [0.2, 0.25) is 11.1 Å². The highest BCUT2D eigenvalue weighted by Crippen LogP contribution is 2.40. The average molecular weight is 634 g/mol. The molecule has 1 aliphatic heterocycles. The molecule has 44 heavy (non-hydrogen) atoms. The Labute approximate surface area is 267 Å². The molecule has 0 spiro atoms. The normalized spacial score (nSPS) is 14.1. The van der Waals surface area contributed by atoms with Crippen LogP contribution in [0.4, 0.5) is 11.6 Å². The highest BCUT2D eigenvalue weighted by molar-refractivity contribution is 7.99. The van der Waals surface area contributed by atoms with E-state index in [2.05, 4.69) is 17.6 Å². The number of aromatic nitrogens is 3. The third-order valence-corrected chi connectivity index (χ3v) is 8.28. The first-order chi connectivity index (χ1) is 21.4. The summed E-state index contributed by atoms with van der Waals surface area (Å²) in [6.45, 7) is 9.00. The van der Waals surface area contributed by atoms with Gasteiger partial charge in [0.1, 0.15) is 18.4 Å². The fourth-order valence-electron chi connectivity index (χ4n) is 4.88. The topological polar surface area (TPSA) is 99.5 Å².